The highest BCUT2D eigenvalue weighted by atomic mass is 32.2. The molecule has 0 N–H and O–H groups in total. The Morgan fingerprint density at radius 2 is 1.59 bits per heavy atom. The van der Waals surface area contributed by atoms with Crippen molar-refractivity contribution in [2.24, 2.45) is 0 Å². The Morgan fingerprint density at radius 3 is 2.10 bits per heavy atom. The summed E-state index contributed by atoms with van der Waals surface area (Å²) in [5.74, 6) is -2.09. The fraction of sp³-hybridized carbons (Fsp3) is 0.238. The van der Waals surface area contributed by atoms with E-state index in [0.717, 1.165) is 23.1 Å². The van der Waals surface area contributed by atoms with Crippen LogP contribution < -0.4 is 5.56 Å². The third-order valence-electron chi connectivity index (χ3n) is 4.47. The Bertz CT molecular complexity index is 1240. The summed E-state index contributed by atoms with van der Waals surface area (Å²) >= 11 is 0. The highest BCUT2D eigenvalue weighted by Gasteiger charge is 2.25. The Hall–Kier alpha value is -2.87. The van der Waals surface area contributed by atoms with Crippen LogP contribution in [-0.4, -0.2) is 24.5 Å². The second-order valence-electron chi connectivity index (χ2n) is 7.80. The minimum absolute atomic E-state index is 0.110. The van der Waals surface area contributed by atoms with Crippen molar-refractivity contribution in [1.82, 2.24) is 9.78 Å². The molecule has 0 amide bonds. The molecule has 0 saturated carbocycles. The first-order chi connectivity index (χ1) is 13.4. The predicted octanol–water partition coefficient (Wildman–Crippen LogP) is 3.88. The first kappa shape index (κ1) is 20.9. The van der Waals surface area contributed by atoms with Gasteiger partial charge in [-0.2, -0.15) is 9.78 Å². The number of nitrogens with zero attached hydrogens (tertiary/aromatic N) is 2. The quantitative estimate of drug-likeness (QED) is 0.647. The minimum atomic E-state index is -3.35. The second-order valence-corrected chi connectivity index (χ2v) is 9.81. The maximum Gasteiger partial charge on any atom is 0.275 e. The van der Waals surface area contributed by atoms with Crippen LogP contribution in [0.5, 0.6) is 0 Å². The lowest BCUT2D eigenvalue weighted by Gasteiger charge is -2.23. The van der Waals surface area contributed by atoms with E-state index in [9.17, 15) is 22.0 Å². The van der Waals surface area contributed by atoms with E-state index in [1.807, 2.05) is 20.8 Å². The monoisotopic (exact) mass is 418 g/mol. The summed E-state index contributed by atoms with van der Waals surface area (Å²) in [6.07, 6.45) is 2.59. The van der Waals surface area contributed by atoms with Gasteiger partial charge in [0.05, 0.1) is 16.8 Å². The van der Waals surface area contributed by atoms with Crippen molar-refractivity contribution < 1.29 is 17.2 Å². The van der Waals surface area contributed by atoms with Gasteiger partial charge in [-0.15, -0.1) is 0 Å². The molecule has 3 rings (SSSR count). The zero-order chi connectivity index (χ0) is 21.6. The van der Waals surface area contributed by atoms with Gasteiger partial charge in [-0.25, -0.2) is 17.2 Å². The maximum absolute atomic E-state index is 13.6. The van der Waals surface area contributed by atoms with Gasteiger partial charge in [-0.1, -0.05) is 32.9 Å². The van der Waals surface area contributed by atoms with Crippen molar-refractivity contribution >= 4 is 9.84 Å². The normalized spacial score (nSPS) is 12.2. The molecule has 5 nitrogen and oxygen atoms in total. The molecule has 29 heavy (non-hydrogen) atoms. The van der Waals surface area contributed by atoms with E-state index in [-0.39, 0.29) is 10.6 Å². The molecule has 0 spiro atoms. The Kier molecular flexibility index (Phi) is 5.17. The van der Waals surface area contributed by atoms with Crippen molar-refractivity contribution in [3.63, 3.8) is 0 Å². The zero-order valence-corrected chi connectivity index (χ0v) is 17.2. The number of rotatable bonds is 3. The lowest BCUT2D eigenvalue weighted by Crippen LogP contribution is -2.32. The average molecular weight is 418 g/mol. The molecule has 152 valence electrons. The summed E-state index contributed by atoms with van der Waals surface area (Å²) in [5, 5.41) is 4.14. The molecule has 0 bridgehead atoms. The van der Waals surface area contributed by atoms with Crippen LogP contribution in [0, 0.1) is 11.6 Å². The van der Waals surface area contributed by atoms with Gasteiger partial charge in [-0.05, 0) is 35.2 Å². The third kappa shape index (κ3) is 4.12. The predicted molar refractivity (Wildman–Crippen MR) is 107 cm³/mol. The van der Waals surface area contributed by atoms with Crippen LogP contribution in [0.4, 0.5) is 8.78 Å². The summed E-state index contributed by atoms with van der Waals surface area (Å²) in [7, 11) is -3.35. The number of sulfone groups is 1. The van der Waals surface area contributed by atoms with Crippen molar-refractivity contribution in [2.45, 2.75) is 31.1 Å². The highest BCUT2D eigenvalue weighted by molar-refractivity contribution is 7.90. The number of halogens is 2. The van der Waals surface area contributed by atoms with Gasteiger partial charge in [0.15, 0.2) is 21.5 Å². The molecule has 0 radical (unpaired) electrons. The average Bonchev–Trinajstić information content (AvgIpc) is 2.62. The molecule has 3 aromatic rings. The van der Waals surface area contributed by atoms with E-state index in [2.05, 4.69) is 5.10 Å². The molecular formula is C21H20F2N2O3S. The Labute approximate surface area is 167 Å². The van der Waals surface area contributed by atoms with E-state index in [4.69, 9.17) is 0 Å². The first-order valence-electron chi connectivity index (χ1n) is 8.78. The second kappa shape index (κ2) is 7.18. The Morgan fingerprint density at radius 1 is 0.966 bits per heavy atom. The van der Waals surface area contributed by atoms with Crippen molar-refractivity contribution in [1.29, 1.82) is 0 Å². The zero-order valence-electron chi connectivity index (χ0n) is 16.4. The molecule has 0 unspecified atom stereocenters. The van der Waals surface area contributed by atoms with E-state index < -0.39 is 32.4 Å². The molecule has 0 saturated heterocycles. The van der Waals surface area contributed by atoms with Gasteiger partial charge in [0.1, 0.15) is 0 Å². The summed E-state index contributed by atoms with van der Waals surface area (Å²) in [5.41, 5.74) is 0.646. The van der Waals surface area contributed by atoms with Crippen LogP contribution in [-0.2, 0) is 15.3 Å². The van der Waals surface area contributed by atoms with Gasteiger partial charge in [0.2, 0.25) is 0 Å². The van der Waals surface area contributed by atoms with Gasteiger partial charge >= 0.3 is 0 Å². The summed E-state index contributed by atoms with van der Waals surface area (Å²) < 4.78 is 51.3. The number of hydrogen-bond donors (Lipinski definition) is 0. The molecule has 0 atom stereocenters. The molecule has 0 aliphatic carbocycles. The maximum atomic E-state index is 13.6. The highest BCUT2D eigenvalue weighted by Crippen LogP contribution is 2.31. The van der Waals surface area contributed by atoms with E-state index >= 15 is 0 Å². The largest absolute Gasteiger partial charge is 0.275 e. The minimum Gasteiger partial charge on any atom is -0.267 e. The summed E-state index contributed by atoms with van der Waals surface area (Å²) in [4.78, 5) is 13.4. The van der Waals surface area contributed by atoms with Crippen LogP contribution in [0.3, 0.4) is 0 Å². The van der Waals surface area contributed by atoms with Crippen molar-refractivity contribution in [3.05, 3.63) is 76.2 Å². The molecule has 8 heteroatoms. The third-order valence-corrected chi connectivity index (χ3v) is 5.60. The number of aromatic nitrogens is 2. The van der Waals surface area contributed by atoms with Crippen LogP contribution in [0.1, 0.15) is 26.3 Å². The molecule has 0 aliphatic rings. The molecule has 0 aliphatic heterocycles. The van der Waals surface area contributed by atoms with Gasteiger partial charge < -0.3 is 0 Å². The van der Waals surface area contributed by atoms with Crippen LogP contribution in [0.2, 0.25) is 0 Å². The first-order valence-corrected chi connectivity index (χ1v) is 10.7. The summed E-state index contributed by atoms with van der Waals surface area (Å²) in [6, 6.07) is 9.30. The van der Waals surface area contributed by atoms with Crippen LogP contribution >= 0.6 is 0 Å². The Balaban J connectivity index is 2.23. The van der Waals surface area contributed by atoms with Gasteiger partial charge in [0, 0.05) is 23.4 Å². The standard InChI is InChI=1S/C21H20F2N2O3S/c1-21(2,3)19-16(13-5-8-15(9-6-13)29(4,27)28)12-24-25(20(19)26)14-7-10-17(22)18(23)11-14/h5-12H,1-4H3. The smallest absolute Gasteiger partial charge is 0.267 e. The fourth-order valence-corrected chi connectivity index (χ4v) is 3.71. The van der Waals surface area contributed by atoms with E-state index in [1.165, 1.54) is 24.4 Å². The van der Waals surface area contributed by atoms with Crippen molar-refractivity contribution in [3.8, 4) is 16.8 Å². The number of benzene rings is 2. The van der Waals surface area contributed by atoms with Gasteiger partial charge in [0.25, 0.3) is 5.56 Å². The van der Waals surface area contributed by atoms with Crippen molar-refractivity contribution in [2.75, 3.05) is 6.26 Å². The topological polar surface area (TPSA) is 69.0 Å². The fourth-order valence-electron chi connectivity index (χ4n) is 3.08. The molecular weight excluding hydrogens is 398 g/mol. The lowest BCUT2D eigenvalue weighted by molar-refractivity contribution is 0.506. The molecule has 1 aromatic heterocycles. The number of hydrogen-bond acceptors (Lipinski definition) is 4. The molecule has 0 fully saturated rings. The van der Waals surface area contributed by atoms with Crippen LogP contribution in [0.25, 0.3) is 16.8 Å². The lowest BCUT2D eigenvalue weighted by atomic mass is 9.83. The van der Waals surface area contributed by atoms with E-state index in [1.54, 1.807) is 12.1 Å². The van der Waals surface area contributed by atoms with Crippen LogP contribution in [0.15, 0.2) is 58.4 Å². The van der Waals surface area contributed by atoms with Gasteiger partial charge in [-0.3, -0.25) is 4.79 Å². The SMILES string of the molecule is CC(C)(C)c1c(-c2ccc(S(C)(=O)=O)cc2)cnn(-c2ccc(F)c(F)c2)c1=O. The molecule has 1 heterocycles. The van der Waals surface area contributed by atoms with E-state index in [0.29, 0.717) is 16.7 Å². The molecule has 2 aromatic carbocycles. The summed E-state index contributed by atoms with van der Waals surface area (Å²) in [6.45, 7) is 5.56.